The summed E-state index contributed by atoms with van der Waals surface area (Å²) in [7, 11) is 0. The van der Waals surface area contributed by atoms with E-state index in [-0.39, 0.29) is 12.1 Å². The van der Waals surface area contributed by atoms with Gasteiger partial charge in [-0.05, 0) is 27.7 Å². The van der Waals surface area contributed by atoms with Gasteiger partial charge in [0.2, 0.25) is 0 Å². The first-order chi connectivity index (χ1) is 5.88. The van der Waals surface area contributed by atoms with Crippen molar-refractivity contribution in [1.29, 1.82) is 0 Å². The third kappa shape index (κ3) is 3.22. The lowest BCUT2D eigenvalue weighted by Gasteiger charge is -2.36. The minimum absolute atomic E-state index is 0.217. The van der Waals surface area contributed by atoms with E-state index >= 15 is 0 Å². The molecule has 1 rings (SSSR count). The Bertz CT molecular complexity index is 198. The molecule has 0 aromatic carbocycles. The van der Waals surface area contributed by atoms with E-state index in [0.29, 0.717) is 6.04 Å². The third-order valence-electron chi connectivity index (χ3n) is 1.97. The van der Waals surface area contributed by atoms with Crippen LogP contribution in [-0.2, 0) is 4.74 Å². The Labute approximate surface area is 79.0 Å². The van der Waals surface area contributed by atoms with Crippen LogP contribution in [0.1, 0.15) is 27.7 Å². The molecular weight excluding hydrogens is 168 g/mol. The molecule has 1 amide bonds. The van der Waals surface area contributed by atoms with E-state index < -0.39 is 5.60 Å². The lowest BCUT2D eigenvalue weighted by atomic mass is 10.0. The quantitative estimate of drug-likeness (QED) is 0.639. The highest BCUT2D eigenvalue weighted by Crippen LogP contribution is 2.08. The van der Waals surface area contributed by atoms with Gasteiger partial charge in [0.25, 0.3) is 0 Å². The summed E-state index contributed by atoms with van der Waals surface area (Å²) >= 11 is 0. The maximum absolute atomic E-state index is 11.2. The maximum Gasteiger partial charge on any atom is 0.407 e. The molecule has 4 nitrogen and oxygen atoms in total. The van der Waals surface area contributed by atoms with Gasteiger partial charge < -0.3 is 15.4 Å². The topological polar surface area (TPSA) is 50.4 Å². The van der Waals surface area contributed by atoms with Crippen molar-refractivity contribution in [3.05, 3.63) is 0 Å². The second-order valence-corrected chi connectivity index (χ2v) is 4.45. The molecule has 1 saturated heterocycles. The van der Waals surface area contributed by atoms with Gasteiger partial charge in [0, 0.05) is 12.6 Å². The van der Waals surface area contributed by atoms with E-state index in [4.69, 9.17) is 4.74 Å². The molecule has 0 radical (unpaired) electrons. The summed E-state index contributed by atoms with van der Waals surface area (Å²) in [6.45, 7) is 8.44. The van der Waals surface area contributed by atoms with E-state index in [1.54, 1.807) is 0 Å². The zero-order chi connectivity index (χ0) is 10.1. The van der Waals surface area contributed by atoms with Gasteiger partial charge in [-0.2, -0.15) is 0 Å². The Kier molecular flexibility index (Phi) is 2.81. The largest absolute Gasteiger partial charge is 0.444 e. The van der Waals surface area contributed by atoms with Crippen molar-refractivity contribution in [3.63, 3.8) is 0 Å². The second kappa shape index (κ2) is 3.54. The van der Waals surface area contributed by atoms with Gasteiger partial charge in [-0.3, -0.25) is 0 Å². The fraction of sp³-hybridized carbons (Fsp3) is 0.889. The van der Waals surface area contributed by atoms with Crippen LogP contribution in [0.4, 0.5) is 4.79 Å². The lowest BCUT2D eigenvalue weighted by Crippen LogP contribution is -2.63. The standard InChI is InChI=1S/C9H18N2O2/c1-6-7(5-10-6)11-8(12)13-9(2,3)4/h6-7,10H,5H2,1-4H3,(H,11,12). The predicted molar refractivity (Wildman–Crippen MR) is 50.6 cm³/mol. The van der Waals surface area contributed by atoms with Gasteiger partial charge in [-0.15, -0.1) is 0 Å². The Morgan fingerprint density at radius 2 is 2.15 bits per heavy atom. The van der Waals surface area contributed by atoms with Gasteiger partial charge in [0.05, 0.1) is 6.04 Å². The first-order valence-electron chi connectivity index (χ1n) is 4.61. The highest BCUT2D eigenvalue weighted by atomic mass is 16.6. The minimum Gasteiger partial charge on any atom is -0.444 e. The van der Waals surface area contributed by atoms with E-state index in [9.17, 15) is 4.79 Å². The summed E-state index contributed by atoms with van der Waals surface area (Å²) in [5.41, 5.74) is -0.412. The van der Waals surface area contributed by atoms with E-state index in [2.05, 4.69) is 10.6 Å². The van der Waals surface area contributed by atoms with Gasteiger partial charge in [-0.1, -0.05) is 0 Å². The number of rotatable bonds is 1. The van der Waals surface area contributed by atoms with E-state index in [1.807, 2.05) is 27.7 Å². The molecule has 4 heteroatoms. The lowest BCUT2D eigenvalue weighted by molar-refractivity contribution is 0.0468. The second-order valence-electron chi connectivity index (χ2n) is 4.45. The molecule has 2 atom stereocenters. The van der Waals surface area contributed by atoms with Gasteiger partial charge in [0.15, 0.2) is 0 Å². The maximum atomic E-state index is 11.2. The normalized spacial score (nSPS) is 27.7. The molecule has 2 unspecified atom stereocenters. The van der Waals surface area contributed by atoms with Gasteiger partial charge >= 0.3 is 6.09 Å². The first kappa shape index (κ1) is 10.3. The molecular formula is C9H18N2O2. The molecule has 0 aliphatic carbocycles. The number of carbonyl (C=O) groups excluding carboxylic acids is 1. The number of carbonyl (C=O) groups is 1. The van der Waals surface area contributed by atoms with Crippen LogP contribution in [0.2, 0.25) is 0 Å². The van der Waals surface area contributed by atoms with Crippen LogP contribution in [0.15, 0.2) is 0 Å². The number of amides is 1. The molecule has 0 spiro atoms. The number of nitrogens with one attached hydrogen (secondary N) is 2. The molecule has 13 heavy (non-hydrogen) atoms. The van der Waals surface area contributed by atoms with Crippen LogP contribution in [-0.4, -0.2) is 30.3 Å². The Hall–Kier alpha value is -0.770. The molecule has 1 heterocycles. The van der Waals surface area contributed by atoms with Crippen LogP contribution in [0.3, 0.4) is 0 Å². The van der Waals surface area contributed by atoms with E-state index in [0.717, 1.165) is 6.54 Å². The molecule has 1 aliphatic rings. The SMILES string of the molecule is CC1NCC1NC(=O)OC(C)(C)C. The number of alkyl carbamates (subject to hydrolysis) is 1. The van der Waals surface area contributed by atoms with Crippen molar-refractivity contribution in [3.8, 4) is 0 Å². The Morgan fingerprint density at radius 3 is 2.46 bits per heavy atom. The number of hydrogen-bond acceptors (Lipinski definition) is 3. The number of hydrogen-bond donors (Lipinski definition) is 2. The van der Waals surface area contributed by atoms with Gasteiger partial charge in [0.1, 0.15) is 5.60 Å². The van der Waals surface area contributed by atoms with Crippen molar-refractivity contribution in [1.82, 2.24) is 10.6 Å². The summed E-state index contributed by atoms with van der Waals surface area (Å²) < 4.78 is 5.11. The Morgan fingerprint density at radius 1 is 1.54 bits per heavy atom. The van der Waals surface area contributed by atoms with Crippen molar-refractivity contribution >= 4 is 6.09 Å². The predicted octanol–water partition coefficient (Wildman–Crippen LogP) is 0.871. The van der Waals surface area contributed by atoms with Crippen LogP contribution in [0.5, 0.6) is 0 Å². The summed E-state index contributed by atoms with van der Waals surface area (Å²) in [5, 5.41) is 5.96. The summed E-state index contributed by atoms with van der Waals surface area (Å²) in [4.78, 5) is 11.2. The molecule has 76 valence electrons. The van der Waals surface area contributed by atoms with Crippen LogP contribution in [0.25, 0.3) is 0 Å². The smallest absolute Gasteiger partial charge is 0.407 e. The van der Waals surface area contributed by atoms with Gasteiger partial charge in [-0.25, -0.2) is 4.79 Å². The summed E-state index contributed by atoms with van der Waals surface area (Å²) in [6.07, 6.45) is -0.328. The molecule has 0 bridgehead atoms. The zero-order valence-corrected chi connectivity index (χ0v) is 8.68. The van der Waals surface area contributed by atoms with Crippen LogP contribution >= 0.6 is 0 Å². The average Bonchev–Trinajstić information content (AvgIpc) is 1.94. The van der Waals surface area contributed by atoms with Crippen molar-refractivity contribution < 1.29 is 9.53 Å². The van der Waals surface area contributed by atoms with E-state index in [1.165, 1.54) is 0 Å². The van der Waals surface area contributed by atoms with Crippen molar-refractivity contribution in [2.45, 2.75) is 45.4 Å². The summed E-state index contributed by atoms with van der Waals surface area (Å²) in [5.74, 6) is 0. The average molecular weight is 186 g/mol. The fourth-order valence-corrected chi connectivity index (χ4v) is 1.11. The molecule has 0 aromatic heterocycles. The van der Waals surface area contributed by atoms with Crippen molar-refractivity contribution in [2.75, 3.05) is 6.54 Å². The number of ether oxygens (including phenoxy) is 1. The zero-order valence-electron chi connectivity index (χ0n) is 8.68. The highest BCUT2D eigenvalue weighted by Gasteiger charge is 2.29. The summed E-state index contributed by atoms with van der Waals surface area (Å²) in [6, 6.07) is 0.572. The molecule has 0 aromatic rings. The van der Waals surface area contributed by atoms with Crippen molar-refractivity contribution in [2.24, 2.45) is 0 Å². The first-order valence-corrected chi connectivity index (χ1v) is 4.61. The van der Waals surface area contributed by atoms with Crippen LogP contribution < -0.4 is 10.6 Å². The molecule has 2 N–H and O–H groups in total. The minimum atomic E-state index is -0.412. The fourth-order valence-electron chi connectivity index (χ4n) is 1.11. The molecule has 1 fully saturated rings. The Balaban J connectivity index is 2.25. The van der Waals surface area contributed by atoms with Crippen LogP contribution in [0, 0.1) is 0 Å². The molecule has 0 saturated carbocycles. The third-order valence-corrected chi connectivity index (χ3v) is 1.97. The highest BCUT2D eigenvalue weighted by molar-refractivity contribution is 5.68. The molecule has 1 aliphatic heterocycles. The monoisotopic (exact) mass is 186 g/mol.